The monoisotopic (exact) mass is 319 g/mol. The van der Waals surface area contributed by atoms with Gasteiger partial charge in [-0.1, -0.05) is 12.1 Å². The molecule has 5 nitrogen and oxygen atoms in total. The van der Waals surface area contributed by atoms with Crippen LogP contribution in [0.4, 0.5) is 13.2 Å². The number of alkyl halides is 3. The largest absolute Gasteiger partial charge is 0.481 e. The Bertz CT molecular complexity index is 545. The van der Waals surface area contributed by atoms with Gasteiger partial charge in [0.15, 0.2) is 6.10 Å². The zero-order valence-corrected chi connectivity index (χ0v) is 12.0. The lowest BCUT2D eigenvalue weighted by atomic mass is 10.2. The van der Waals surface area contributed by atoms with E-state index in [-0.39, 0.29) is 6.42 Å². The summed E-state index contributed by atoms with van der Waals surface area (Å²) >= 11 is 0. The molecule has 1 rings (SSSR count). The van der Waals surface area contributed by atoms with Crippen molar-refractivity contribution in [2.45, 2.75) is 38.6 Å². The van der Waals surface area contributed by atoms with Crippen LogP contribution in [0.5, 0.6) is 5.75 Å². The van der Waals surface area contributed by atoms with Crippen LogP contribution in [0.25, 0.3) is 0 Å². The van der Waals surface area contributed by atoms with Crippen LogP contribution in [0.3, 0.4) is 0 Å². The first-order valence-corrected chi connectivity index (χ1v) is 6.46. The molecular formula is C14H16F3NO4. The Balaban J connectivity index is 2.75. The van der Waals surface area contributed by atoms with Crippen molar-refractivity contribution < 1.29 is 32.6 Å². The predicted molar refractivity (Wildman–Crippen MR) is 71.4 cm³/mol. The van der Waals surface area contributed by atoms with E-state index in [9.17, 15) is 22.8 Å². The van der Waals surface area contributed by atoms with Crippen molar-refractivity contribution in [3.63, 3.8) is 0 Å². The Hall–Kier alpha value is -2.25. The molecule has 8 heteroatoms. The number of carbonyl (C=O) groups is 2. The molecule has 0 aliphatic carbocycles. The van der Waals surface area contributed by atoms with Gasteiger partial charge in [-0.15, -0.1) is 0 Å². The summed E-state index contributed by atoms with van der Waals surface area (Å²) in [4.78, 5) is 22.3. The molecule has 2 atom stereocenters. The minimum atomic E-state index is -4.59. The average molecular weight is 319 g/mol. The number of amides is 1. The number of carboxylic acids is 1. The van der Waals surface area contributed by atoms with Crippen molar-refractivity contribution in [3.05, 3.63) is 29.8 Å². The summed E-state index contributed by atoms with van der Waals surface area (Å²) in [6, 6.07) is 3.90. The number of carboxylic acid groups (broad SMARTS) is 1. The van der Waals surface area contributed by atoms with E-state index in [1.807, 2.05) is 0 Å². The van der Waals surface area contributed by atoms with Crippen LogP contribution in [0.2, 0.25) is 0 Å². The second-order valence-corrected chi connectivity index (χ2v) is 4.76. The minimum Gasteiger partial charge on any atom is -0.481 e. The average Bonchev–Trinajstić information content (AvgIpc) is 2.36. The summed E-state index contributed by atoms with van der Waals surface area (Å²) in [6.45, 7) is 2.76. The highest BCUT2D eigenvalue weighted by Crippen LogP contribution is 2.36. The first kappa shape index (κ1) is 17.8. The number of benzene rings is 1. The first-order valence-electron chi connectivity index (χ1n) is 6.46. The molecule has 2 N–H and O–H groups in total. The standard InChI is InChI=1S/C14H16F3NO4/c1-8(7-12(19)20)18-13(21)9(2)22-11-6-4-3-5-10(11)14(15,16)17/h3-6,8-9H,7H2,1-2H3,(H,18,21)(H,19,20). The maximum absolute atomic E-state index is 12.8. The van der Waals surface area contributed by atoms with Crippen LogP contribution in [-0.4, -0.2) is 29.1 Å². The summed E-state index contributed by atoms with van der Waals surface area (Å²) in [5.41, 5.74) is -0.978. The van der Waals surface area contributed by atoms with E-state index in [2.05, 4.69) is 5.32 Å². The van der Waals surface area contributed by atoms with E-state index in [1.165, 1.54) is 26.0 Å². The van der Waals surface area contributed by atoms with Crippen LogP contribution in [0.1, 0.15) is 25.8 Å². The SMILES string of the molecule is CC(CC(=O)O)NC(=O)C(C)Oc1ccccc1C(F)(F)F. The van der Waals surface area contributed by atoms with E-state index in [0.29, 0.717) is 0 Å². The number of carbonyl (C=O) groups excluding carboxylic acids is 1. The molecule has 0 spiro atoms. The van der Waals surface area contributed by atoms with Crippen molar-refractivity contribution in [3.8, 4) is 5.75 Å². The van der Waals surface area contributed by atoms with Gasteiger partial charge < -0.3 is 15.2 Å². The topological polar surface area (TPSA) is 75.6 Å². The Labute approximate surface area is 125 Å². The molecule has 0 aliphatic rings. The quantitative estimate of drug-likeness (QED) is 0.844. The highest BCUT2D eigenvalue weighted by molar-refractivity contribution is 5.81. The molecule has 22 heavy (non-hydrogen) atoms. The van der Waals surface area contributed by atoms with Gasteiger partial charge in [0, 0.05) is 6.04 Å². The molecule has 1 aromatic rings. The summed E-state index contributed by atoms with van der Waals surface area (Å²) in [5, 5.41) is 11.0. The molecule has 0 radical (unpaired) electrons. The smallest absolute Gasteiger partial charge is 0.419 e. The van der Waals surface area contributed by atoms with Gasteiger partial charge in [0.1, 0.15) is 5.75 Å². The Kier molecular flexibility index (Phi) is 5.78. The predicted octanol–water partition coefficient (Wildman–Crippen LogP) is 2.45. The van der Waals surface area contributed by atoms with Gasteiger partial charge in [0.25, 0.3) is 5.91 Å². The maximum Gasteiger partial charge on any atom is 0.419 e. The van der Waals surface area contributed by atoms with Crippen LogP contribution >= 0.6 is 0 Å². The molecule has 2 unspecified atom stereocenters. The van der Waals surface area contributed by atoms with Crippen LogP contribution in [0, 0.1) is 0 Å². The van der Waals surface area contributed by atoms with E-state index < -0.39 is 41.5 Å². The van der Waals surface area contributed by atoms with Gasteiger partial charge in [-0.05, 0) is 26.0 Å². The third-order valence-corrected chi connectivity index (χ3v) is 2.73. The van der Waals surface area contributed by atoms with Gasteiger partial charge in [0.05, 0.1) is 12.0 Å². The molecule has 0 fully saturated rings. The van der Waals surface area contributed by atoms with Crippen LogP contribution in [-0.2, 0) is 15.8 Å². The fraction of sp³-hybridized carbons (Fsp3) is 0.429. The lowest BCUT2D eigenvalue weighted by molar-refractivity contribution is -0.141. The Morgan fingerprint density at radius 1 is 1.27 bits per heavy atom. The van der Waals surface area contributed by atoms with Crippen molar-refractivity contribution in [2.75, 3.05) is 0 Å². The minimum absolute atomic E-state index is 0.294. The molecular weight excluding hydrogens is 303 g/mol. The van der Waals surface area contributed by atoms with Gasteiger partial charge >= 0.3 is 12.1 Å². The number of para-hydroxylation sites is 1. The summed E-state index contributed by atoms with van der Waals surface area (Å²) < 4.78 is 43.5. The second-order valence-electron chi connectivity index (χ2n) is 4.76. The van der Waals surface area contributed by atoms with Gasteiger partial charge in [-0.2, -0.15) is 13.2 Å². The molecule has 0 saturated carbocycles. The summed E-state index contributed by atoms with van der Waals surface area (Å²) in [6.07, 6.45) is -6.08. The molecule has 1 aromatic carbocycles. The number of halogens is 3. The van der Waals surface area contributed by atoms with Crippen molar-refractivity contribution >= 4 is 11.9 Å². The normalized spacial score (nSPS) is 14.0. The number of rotatable bonds is 6. The molecule has 1 amide bonds. The molecule has 0 heterocycles. The Morgan fingerprint density at radius 3 is 2.41 bits per heavy atom. The van der Waals surface area contributed by atoms with Crippen molar-refractivity contribution in [1.29, 1.82) is 0 Å². The number of nitrogens with one attached hydrogen (secondary N) is 1. The second kappa shape index (κ2) is 7.15. The van der Waals surface area contributed by atoms with Crippen LogP contribution in [0.15, 0.2) is 24.3 Å². The number of hydrogen-bond acceptors (Lipinski definition) is 3. The number of aliphatic carboxylic acids is 1. The zero-order valence-electron chi connectivity index (χ0n) is 12.0. The molecule has 0 aliphatic heterocycles. The zero-order chi connectivity index (χ0) is 16.9. The first-order chi connectivity index (χ1) is 10.1. The fourth-order valence-corrected chi connectivity index (χ4v) is 1.72. The molecule has 0 bridgehead atoms. The van der Waals surface area contributed by atoms with E-state index in [4.69, 9.17) is 9.84 Å². The fourth-order valence-electron chi connectivity index (χ4n) is 1.72. The lowest BCUT2D eigenvalue weighted by Gasteiger charge is -2.20. The summed E-state index contributed by atoms with van der Waals surface area (Å²) in [5.74, 6) is -2.24. The number of hydrogen-bond donors (Lipinski definition) is 2. The third-order valence-electron chi connectivity index (χ3n) is 2.73. The maximum atomic E-state index is 12.8. The molecule has 0 saturated heterocycles. The Morgan fingerprint density at radius 2 is 1.86 bits per heavy atom. The van der Waals surface area contributed by atoms with E-state index in [1.54, 1.807) is 0 Å². The van der Waals surface area contributed by atoms with E-state index >= 15 is 0 Å². The summed E-state index contributed by atoms with van der Waals surface area (Å²) in [7, 11) is 0. The van der Waals surface area contributed by atoms with Gasteiger partial charge in [-0.25, -0.2) is 0 Å². The van der Waals surface area contributed by atoms with E-state index in [0.717, 1.165) is 12.1 Å². The van der Waals surface area contributed by atoms with Crippen LogP contribution < -0.4 is 10.1 Å². The molecule has 0 aromatic heterocycles. The third kappa shape index (κ3) is 5.27. The van der Waals surface area contributed by atoms with Gasteiger partial charge in [0.2, 0.25) is 0 Å². The lowest BCUT2D eigenvalue weighted by Crippen LogP contribution is -2.42. The van der Waals surface area contributed by atoms with Crippen molar-refractivity contribution in [1.82, 2.24) is 5.32 Å². The van der Waals surface area contributed by atoms with Gasteiger partial charge in [-0.3, -0.25) is 9.59 Å². The van der Waals surface area contributed by atoms with Crippen molar-refractivity contribution in [2.24, 2.45) is 0 Å². The highest BCUT2D eigenvalue weighted by Gasteiger charge is 2.34. The molecule has 122 valence electrons. The number of ether oxygens (including phenoxy) is 1. The highest BCUT2D eigenvalue weighted by atomic mass is 19.4.